The Bertz CT molecular complexity index is 656. The second-order valence-corrected chi connectivity index (χ2v) is 5.38. The predicted octanol–water partition coefficient (Wildman–Crippen LogP) is 3.59. The quantitative estimate of drug-likeness (QED) is 0.841. The van der Waals surface area contributed by atoms with Crippen LogP contribution < -0.4 is 10.1 Å². The van der Waals surface area contributed by atoms with Crippen molar-refractivity contribution in [1.82, 2.24) is 0 Å². The largest absolute Gasteiger partial charge is 0.483 e. The topological polar surface area (TPSA) is 55.4 Å². The molecule has 1 N–H and O–H groups in total. The zero-order valence-electron chi connectivity index (χ0n) is 11.4. The minimum absolute atomic E-state index is 0.155. The molecule has 1 amide bonds. The van der Waals surface area contributed by atoms with Gasteiger partial charge in [-0.3, -0.25) is 9.59 Å². The lowest BCUT2D eigenvalue weighted by molar-refractivity contribution is -0.118. The summed E-state index contributed by atoms with van der Waals surface area (Å²) in [5, 5.41) is 2.72. The smallest absolute Gasteiger partial charge is 0.262 e. The molecule has 0 aromatic heterocycles. The van der Waals surface area contributed by atoms with Crippen molar-refractivity contribution in [3.8, 4) is 5.75 Å². The average molecular weight is 348 g/mol. The van der Waals surface area contributed by atoms with E-state index in [1.165, 1.54) is 0 Å². The lowest BCUT2D eigenvalue weighted by Crippen LogP contribution is -2.20. The van der Waals surface area contributed by atoms with Gasteiger partial charge in [0.05, 0.1) is 5.56 Å². The molecule has 0 aliphatic carbocycles. The Balaban J connectivity index is 2.03. The Morgan fingerprint density at radius 2 is 2.00 bits per heavy atom. The van der Waals surface area contributed by atoms with Gasteiger partial charge in [-0.2, -0.15) is 0 Å². The van der Waals surface area contributed by atoms with Crippen molar-refractivity contribution in [2.75, 3.05) is 11.9 Å². The summed E-state index contributed by atoms with van der Waals surface area (Å²) in [5.74, 6) is 0.150. The van der Waals surface area contributed by atoms with E-state index in [0.29, 0.717) is 23.3 Å². The van der Waals surface area contributed by atoms with E-state index in [2.05, 4.69) is 21.2 Å². The maximum atomic E-state index is 11.8. The highest BCUT2D eigenvalue weighted by molar-refractivity contribution is 9.10. The van der Waals surface area contributed by atoms with Gasteiger partial charge < -0.3 is 10.1 Å². The number of rotatable bonds is 5. The molecule has 0 saturated carbocycles. The third-order valence-corrected chi connectivity index (χ3v) is 3.26. The minimum Gasteiger partial charge on any atom is -0.483 e. The molecular weight excluding hydrogens is 334 g/mol. The van der Waals surface area contributed by atoms with Gasteiger partial charge in [-0.25, -0.2) is 0 Å². The number of benzene rings is 2. The van der Waals surface area contributed by atoms with Gasteiger partial charge in [-0.05, 0) is 36.8 Å². The van der Waals surface area contributed by atoms with Gasteiger partial charge in [-0.1, -0.05) is 34.1 Å². The first-order valence-electron chi connectivity index (χ1n) is 6.33. The molecule has 0 fully saturated rings. The molecule has 0 radical (unpaired) electrons. The number of aryl methyl sites for hydroxylation is 1. The highest BCUT2D eigenvalue weighted by Gasteiger charge is 2.11. The molecule has 21 heavy (non-hydrogen) atoms. The van der Waals surface area contributed by atoms with Gasteiger partial charge in [0.1, 0.15) is 5.75 Å². The molecule has 0 unspecified atom stereocenters. The standard InChI is InChI=1S/C16H14BrNO3/c1-11-7-13(17)8-12(9-19)16(11)21-10-15(20)18-14-5-3-2-4-6-14/h2-9H,10H2,1H3,(H,18,20). The number of nitrogens with one attached hydrogen (secondary N) is 1. The van der Waals surface area contributed by atoms with Crippen LogP contribution in [-0.4, -0.2) is 18.8 Å². The predicted molar refractivity (Wildman–Crippen MR) is 84.8 cm³/mol. The van der Waals surface area contributed by atoms with E-state index < -0.39 is 0 Å². The Hall–Kier alpha value is -2.14. The van der Waals surface area contributed by atoms with E-state index in [1.54, 1.807) is 18.2 Å². The molecule has 0 aliphatic rings. The van der Waals surface area contributed by atoms with Crippen molar-refractivity contribution in [2.45, 2.75) is 6.92 Å². The number of carbonyl (C=O) groups is 2. The maximum Gasteiger partial charge on any atom is 0.262 e. The Labute approximate surface area is 131 Å². The lowest BCUT2D eigenvalue weighted by Gasteiger charge is -2.12. The molecule has 5 heteroatoms. The number of anilines is 1. The Morgan fingerprint density at radius 1 is 1.29 bits per heavy atom. The fourth-order valence-corrected chi connectivity index (χ4v) is 2.49. The van der Waals surface area contributed by atoms with Crippen LogP contribution in [0.5, 0.6) is 5.75 Å². The van der Waals surface area contributed by atoms with E-state index >= 15 is 0 Å². The molecule has 2 aromatic carbocycles. The van der Waals surface area contributed by atoms with Crippen LogP contribution in [0.25, 0.3) is 0 Å². The summed E-state index contributed by atoms with van der Waals surface area (Å²) in [4.78, 5) is 22.9. The summed E-state index contributed by atoms with van der Waals surface area (Å²) < 4.78 is 6.28. The summed E-state index contributed by atoms with van der Waals surface area (Å²) in [6.07, 6.45) is 0.711. The molecule has 0 spiro atoms. The van der Waals surface area contributed by atoms with Crippen LogP contribution in [0, 0.1) is 6.92 Å². The van der Waals surface area contributed by atoms with Crippen LogP contribution in [0.1, 0.15) is 15.9 Å². The first kappa shape index (κ1) is 15.3. The molecular formula is C16H14BrNO3. The van der Waals surface area contributed by atoms with Crippen molar-refractivity contribution in [3.63, 3.8) is 0 Å². The average Bonchev–Trinajstić information content (AvgIpc) is 2.46. The summed E-state index contributed by atoms with van der Waals surface area (Å²) in [6.45, 7) is 1.67. The number of hydrogen-bond acceptors (Lipinski definition) is 3. The fourth-order valence-electron chi connectivity index (χ4n) is 1.90. The van der Waals surface area contributed by atoms with Crippen molar-refractivity contribution >= 4 is 33.8 Å². The van der Waals surface area contributed by atoms with Crippen molar-refractivity contribution in [2.24, 2.45) is 0 Å². The van der Waals surface area contributed by atoms with E-state index in [0.717, 1.165) is 10.0 Å². The minimum atomic E-state index is -0.277. The van der Waals surface area contributed by atoms with E-state index in [4.69, 9.17) is 4.74 Å². The molecule has 2 aromatic rings. The first-order valence-corrected chi connectivity index (χ1v) is 7.12. The van der Waals surface area contributed by atoms with Crippen LogP contribution in [-0.2, 0) is 4.79 Å². The number of ether oxygens (including phenoxy) is 1. The zero-order chi connectivity index (χ0) is 15.2. The molecule has 0 saturated heterocycles. The maximum absolute atomic E-state index is 11.8. The highest BCUT2D eigenvalue weighted by atomic mass is 79.9. The fraction of sp³-hybridized carbons (Fsp3) is 0.125. The third-order valence-electron chi connectivity index (χ3n) is 2.80. The molecule has 0 bridgehead atoms. The normalized spacial score (nSPS) is 10.0. The van der Waals surface area contributed by atoms with Crippen molar-refractivity contribution in [1.29, 1.82) is 0 Å². The van der Waals surface area contributed by atoms with Gasteiger partial charge in [0.15, 0.2) is 12.9 Å². The summed E-state index contributed by atoms with van der Waals surface area (Å²) >= 11 is 3.32. The molecule has 0 atom stereocenters. The van der Waals surface area contributed by atoms with Gasteiger partial charge in [0.2, 0.25) is 0 Å². The Morgan fingerprint density at radius 3 is 2.67 bits per heavy atom. The first-order chi connectivity index (χ1) is 10.1. The van der Waals surface area contributed by atoms with Crippen LogP contribution in [0.4, 0.5) is 5.69 Å². The van der Waals surface area contributed by atoms with Gasteiger partial charge >= 0.3 is 0 Å². The number of amides is 1. The van der Waals surface area contributed by atoms with E-state index in [1.807, 2.05) is 31.2 Å². The monoisotopic (exact) mass is 347 g/mol. The molecule has 108 valence electrons. The number of para-hydroxylation sites is 1. The molecule has 0 aliphatic heterocycles. The van der Waals surface area contributed by atoms with Gasteiger partial charge in [0, 0.05) is 10.2 Å². The SMILES string of the molecule is Cc1cc(Br)cc(C=O)c1OCC(=O)Nc1ccccc1. The number of hydrogen-bond donors (Lipinski definition) is 1. The summed E-state index contributed by atoms with van der Waals surface area (Å²) in [5.41, 5.74) is 1.91. The molecule has 4 nitrogen and oxygen atoms in total. The summed E-state index contributed by atoms with van der Waals surface area (Å²) in [7, 11) is 0. The van der Waals surface area contributed by atoms with Gasteiger partial charge in [0.25, 0.3) is 5.91 Å². The van der Waals surface area contributed by atoms with Crippen LogP contribution in [0.15, 0.2) is 46.9 Å². The summed E-state index contributed by atoms with van der Waals surface area (Å²) in [6, 6.07) is 12.6. The Kier molecular flexibility index (Phi) is 5.11. The van der Waals surface area contributed by atoms with Crippen molar-refractivity contribution < 1.29 is 14.3 Å². The third kappa shape index (κ3) is 4.16. The number of aldehydes is 1. The van der Waals surface area contributed by atoms with Crippen LogP contribution >= 0.6 is 15.9 Å². The number of carbonyl (C=O) groups excluding carboxylic acids is 2. The highest BCUT2D eigenvalue weighted by Crippen LogP contribution is 2.26. The molecule has 0 heterocycles. The zero-order valence-corrected chi connectivity index (χ0v) is 13.0. The van der Waals surface area contributed by atoms with E-state index in [-0.39, 0.29) is 12.5 Å². The second kappa shape index (κ2) is 7.04. The lowest BCUT2D eigenvalue weighted by atomic mass is 10.1. The van der Waals surface area contributed by atoms with E-state index in [9.17, 15) is 9.59 Å². The van der Waals surface area contributed by atoms with Crippen LogP contribution in [0.2, 0.25) is 0 Å². The molecule has 2 rings (SSSR count). The van der Waals surface area contributed by atoms with Crippen molar-refractivity contribution in [3.05, 3.63) is 58.1 Å². The van der Waals surface area contributed by atoms with Gasteiger partial charge in [-0.15, -0.1) is 0 Å². The number of halogens is 1. The van der Waals surface area contributed by atoms with Crippen LogP contribution in [0.3, 0.4) is 0 Å². The second-order valence-electron chi connectivity index (χ2n) is 4.46.